The summed E-state index contributed by atoms with van der Waals surface area (Å²) < 4.78 is 5.50. The molecule has 0 radical (unpaired) electrons. The van der Waals surface area contributed by atoms with Gasteiger partial charge in [-0.05, 0) is 25.0 Å². The molecule has 0 bridgehead atoms. The monoisotopic (exact) mass is 319 g/mol. The Hall–Kier alpha value is -0.480. The van der Waals surface area contributed by atoms with Crippen LogP contribution in [-0.4, -0.2) is 30.4 Å². The van der Waals surface area contributed by atoms with Crippen molar-refractivity contribution in [2.75, 3.05) is 13.2 Å². The fraction of sp³-hybridized carbons (Fsp3) is 0.600. The molecule has 2 atom stereocenters. The van der Waals surface area contributed by atoms with E-state index in [2.05, 4.69) is 19.2 Å². The Morgan fingerprint density at radius 1 is 1.25 bits per heavy atom. The zero-order chi connectivity index (χ0) is 15.0. The molecule has 0 aliphatic rings. The second kappa shape index (κ2) is 9.46. The van der Waals surface area contributed by atoms with E-state index < -0.39 is 6.10 Å². The van der Waals surface area contributed by atoms with Crippen LogP contribution in [0.15, 0.2) is 18.2 Å². The minimum absolute atomic E-state index is 0.230. The van der Waals surface area contributed by atoms with Crippen molar-refractivity contribution in [3.05, 3.63) is 28.2 Å². The number of aliphatic hydroxyl groups excluding tert-OH is 1. The van der Waals surface area contributed by atoms with Gasteiger partial charge in [0, 0.05) is 18.7 Å². The first-order valence-electron chi connectivity index (χ1n) is 7.06. The Balaban J connectivity index is 2.31. The SMILES string of the molecule is CCCC(CC)NCC(O)COc1ccc(Cl)c(Cl)c1. The number of rotatable bonds is 9. The Morgan fingerprint density at radius 3 is 2.60 bits per heavy atom. The minimum Gasteiger partial charge on any atom is -0.491 e. The molecule has 1 aromatic carbocycles. The molecule has 20 heavy (non-hydrogen) atoms. The van der Waals surface area contributed by atoms with Crippen molar-refractivity contribution in [2.24, 2.45) is 0 Å². The van der Waals surface area contributed by atoms with Gasteiger partial charge in [0.1, 0.15) is 18.5 Å². The van der Waals surface area contributed by atoms with Gasteiger partial charge in [-0.25, -0.2) is 0 Å². The zero-order valence-corrected chi connectivity index (χ0v) is 13.5. The molecule has 3 nitrogen and oxygen atoms in total. The van der Waals surface area contributed by atoms with E-state index in [-0.39, 0.29) is 6.61 Å². The predicted molar refractivity (Wildman–Crippen MR) is 85.0 cm³/mol. The summed E-state index contributed by atoms with van der Waals surface area (Å²) in [6, 6.07) is 5.52. The van der Waals surface area contributed by atoms with Crippen LogP contribution in [0.5, 0.6) is 5.75 Å². The molecule has 0 aromatic heterocycles. The highest BCUT2D eigenvalue weighted by Crippen LogP contribution is 2.26. The summed E-state index contributed by atoms with van der Waals surface area (Å²) in [5.41, 5.74) is 0. The Morgan fingerprint density at radius 2 is 2.00 bits per heavy atom. The number of aliphatic hydroxyl groups is 1. The predicted octanol–water partition coefficient (Wildman–Crippen LogP) is 3.90. The molecule has 0 fully saturated rings. The lowest BCUT2D eigenvalue weighted by atomic mass is 10.1. The van der Waals surface area contributed by atoms with Gasteiger partial charge < -0.3 is 15.2 Å². The van der Waals surface area contributed by atoms with Gasteiger partial charge in [-0.3, -0.25) is 0 Å². The first-order valence-corrected chi connectivity index (χ1v) is 7.81. The Kier molecular flexibility index (Phi) is 8.31. The molecule has 0 heterocycles. The summed E-state index contributed by atoms with van der Waals surface area (Å²) in [5, 5.41) is 14.2. The third kappa shape index (κ3) is 6.31. The highest BCUT2D eigenvalue weighted by molar-refractivity contribution is 6.42. The van der Waals surface area contributed by atoms with Crippen molar-refractivity contribution in [3.8, 4) is 5.75 Å². The average molecular weight is 320 g/mol. The molecule has 2 N–H and O–H groups in total. The zero-order valence-electron chi connectivity index (χ0n) is 12.0. The first-order chi connectivity index (χ1) is 9.56. The number of hydrogen-bond acceptors (Lipinski definition) is 3. The summed E-state index contributed by atoms with van der Waals surface area (Å²) in [5.74, 6) is 0.610. The van der Waals surface area contributed by atoms with Crippen LogP contribution in [-0.2, 0) is 0 Å². The number of halogens is 2. The second-order valence-electron chi connectivity index (χ2n) is 4.84. The fourth-order valence-corrected chi connectivity index (χ4v) is 2.21. The maximum Gasteiger partial charge on any atom is 0.121 e. The third-order valence-electron chi connectivity index (χ3n) is 3.11. The van der Waals surface area contributed by atoms with E-state index >= 15 is 0 Å². The molecule has 1 rings (SSSR count). The lowest BCUT2D eigenvalue weighted by Crippen LogP contribution is -2.37. The summed E-state index contributed by atoms with van der Waals surface area (Å²) in [7, 11) is 0. The van der Waals surface area contributed by atoms with Crippen LogP contribution >= 0.6 is 23.2 Å². The Bertz CT molecular complexity index is 401. The average Bonchev–Trinajstić information content (AvgIpc) is 2.44. The van der Waals surface area contributed by atoms with Gasteiger partial charge in [-0.15, -0.1) is 0 Å². The van der Waals surface area contributed by atoms with Gasteiger partial charge >= 0.3 is 0 Å². The molecule has 0 saturated heterocycles. The van der Waals surface area contributed by atoms with Crippen LogP contribution < -0.4 is 10.1 Å². The molecule has 1 aromatic rings. The molecule has 5 heteroatoms. The lowest BCUT2D eigenvalue weighted by Gasteiger charge is -2.19. The quantitative estimate of drug-likeness (QED) is 0.725. The minimum atomic E-state index is -0.546. The van der Waals surface area contributed by atoms with Gasteiger partial charge in [0.2, 0.25) is 0 Å². The van der Waals surface area contributed by atoms with Gasteiger partial charge in [0.05, 0.1) is 10.0 Å². The molecule has 0 saturated carbocycles. The molecular weight excluding hydrogens is 297 g/mol. The van der Waals surface area contributed by atoms with E-state index in [9.17, 15) is 5.11 Å². The maximum absolute atomic E-state index is 9.90. The molecule has 0 amide bonds. The molecule has 0 aliphatic carbocycles. The van der Waals surface area contributed by atoms with E-state index in [1.54, 1.807) is 18.2 Å². The van der Waals surface area contributed by atoms with Crippen LogP contribution in [0, 0.1) is 0 Å². The Labute approximate surface area is 131 Å². The molecular formula is C15H23Cl2NO2. The number of nitrogens with one attached hydrogen (secondary N) is 1. The van der Waals surface area contributed by atoms with Gasteiger partial charge in [-0.2, -0.15) is 0 Å². The van der Waals surface area contributed by atoms with E-state index in [1.807, 2.05) is 0 Å². The van der Waals surface area contributed by atoms with Crippen LogP contribution in [0.4, 0.5) is 0 Å². The number of hydrogen-bond donors (Lipinski definition) is 2. The molecule has 2 unspecified atom stereocenters. The summed E-state index contributed by atoms with van der Waals surface area (Å²) in [4.78, 5) is 0. The van der Waals surface area contributed by atoms with Crippen molar-refractivity contribution in [1.82, 2.24) is 5.32 Å². The molecule has 0 spiro atoms. The van der Waals surface area contributed by atoms with Crippen molar-refractivity contribution in [1.29, 1.82) is 0 Å². The fourth-order valence-electron chi connectivity index (χ4n) is 1.92. The van der Waals surface area contributed by atoms with Crippen LogP contribution in [0.3, 0.4) is 0 Å². The maximum atomic E-state index is 9.90. The first kappa shape index (κ1) is 17.6. The third-order valence-corrected chi connectivity index (χ3v) is 3.84. The van der Waals surface area contributed by atoms with E-state index in [0.717, 1.165) is 19.3 Å². The van der Waals surface area contributed by atoms with E-state index in [0.29, 0.717) is 28.4 Å². The normalized spacial score (nSPS) is 14.1. The smallest absolute Gasteiger partial charge is 0.121 e. The van der Waals surface area contributed by atoms with Crippen molar-refractivity contribution in [2.45, 2.75) is 45.3 Å². The standard InChI is InChI=1S/C15H23Cl2NO2/c1-3-5-11(4-2)18-9-12(19)10-20-13-6-7-14(16)15(17)8-13/h6-8,11-12,18-19H,3-5,9-10H2,1-2H3. The molecule has 114 valence electrons. The van der Waals surface area contributed by atoms with Gasteiger partial charge in [-0.1, -0.05) is 43.5 Å². The van der Waals surface area contributed by atoms with Crippen LogP contribution in [0.2, 0.25) is 10.0 Å². The number of ether oxygens (including phenoxy) is 1. The van der Waals surface area contributed by atoms with Crippen molar-refractivity contribution >= 4 is 23.2 Å². The van der Waals surface area contributed by atoms with Crippen LogP contribution in [0.1, 0.15) is 33.1 Å². The topological polar surface area (TPSA) is 41.5 Å². The summed E-state index contributed by atoms with van der Waals surface area (Å²) in [6.45, 7) is 5.06. The lowest BCUT2D eigenvalue weighted by molar-refractivity contribution is 0.103. The largest absolute Gasteiger partial charge is 0.491 e. The van der Waals surface area contributed by atoms with Gasteiger partial charge in [0.25, 0.3) is 0 Å². The summed E-state index contributed by atoms with van der Waals surface area (Å²) >= 11 is 11.7. The van der Waals surface area contributed by atoms with Crippen molar-refractivity contribution in [3.63, 3.8) is 0 Å². The van der Waals surface area contributed by atoms with Crippen molar-refractivity contribution < 1.29 is 9.84 Å². The summed E-state index contributed by atoms with van der Waals surface area (Å²) in [6.07, 6.45) is 2.78. The van der Waals surface area contributed by atoms with E-state index in [1.165, 1.54) is 0 Å². The van der Waals surface area contributed by atoms with Gasteiger partial charge in [0.15, 0.2) is 0 Å². The highest BCUT2D eigenvalue weighted by atomic mass is 35.5. The van der Waals surface area contributed by atoms with E-state index in [4.69, 9.17) is 27.9 Å². The van der Waals surface area contributed by atoms with Crippen LogP contribution in [0.25, 0.3) is 0 Å². The number of benzene rings is 1. The second-order valence-corrected chi connectivity index (χ2v) is 5.66. The molecule has 0 aliphatic heterocycles. The highest BCUT2D eigenvalue weighted by Gasteiger charge is 2.10.